The van der Waals surface area contributed by atoms with Crippen molar-refractivity contribution in [2.24, 2.45) is 11.8 Å². The molecule has 0 aromatic carbocycles. The molecule has 104 valence electrons. The van der Waals surface area contributed by atoms with Crippen molar-refractivity contribution < 1.29 is 6.15 Å². The monoisotopic (exact) mass is 352 g/mol. The predicted molar refractivity (Wildman–Crippen MR) is 77.5 cm³/mol. The van der Waals surface area contributed by atoms with Crippen LogP contribution in [0.3, 0.4) is 0 Å². The molecule has 2 nitrogen and oxygen atoms in total. The summed E-state index contributed by atoms with van der Waals surface area (Å²) in [6.07, 6.45) is 2.51. The summed E-state index contributed by atoms with van der Waals surface area (Å²) < 4.78 is 14.9. The average molecular weight is 351 g/mol. The van der Waals surface area contributed by atoms with Crippen molar-refractivity contribution in [2.45, 2.75) is 63.3 Å². The van der Waals surface area contributed by atoms with Gasteiger partial charge in [-0.1, -0.05) is 0 Å². The van der Waals surface area contributed by atoms with Gasteiger partial charge in [-0.25, -0.2) is 0 Å². The molecule has 0 saturated carbocycles. The molecule has 17 heavy (non-hydrogen) atoms. The van der Waals surface area contributed by atoms with E-state index in [1.165, 1.54) is 17.3 Å². The van der Waals surface area contributed by atoms with Crippen LogP contribution in [0.4, 0.5) is 0 Å². The first-order valence-corrected chi connectivity index (χ1v) is 13.6. The summed E-state index contributed by atoms with van der Waals surface area (Å²) in [5.74, 6) is 1.23. The van der Waals surface area contributed by atoms with Gasteiger partial charge in [0.15, 0.2) is 0 Å². The molecule has 0 saturated heterocycles. The first-order valence-electron chi connectivity index (χ1n) is 7.23. The van der Waals surface area contributed by atoms with E-state index in [1.54, 1.807) is 0 Å². The molecule has 0 aliphatic heterocycles. The van der Waals surface area contributed by atoms with Crippen LogP contribution < -0.4 is 0 Å². The van der Waals surface area contributed by atoms with Crippen molar-refractivity contribution in [1.29, 1.82) is 0 Å². The molecule has 0 heterocycles. The van der Waals surface area contributed by atoms with Crippen LogP contribution in [0.25, 0.3) is 0 Å². The van der Waals surface area contributed by atoms with E-state index in [2.05, 4.69) is 41.5 Å². The van der Waals surface area contributed by atoms with E-state index in [4.69, 9.17) is 6.15 Å². The molecule has 0 radical (unpaired) electrons. The van der Waals surface area contributed by atoms with Gasteiger partial charge in [-0.05, 0) is 0 Å². The van der Waals surface area contributed by atoms with Crippen LogP contribution in [0.5, 0.6) is 0 Å². The average Bonchev–Trinajstić information content (AvgIpc) is 2.28. The van der Waals surface area contributed by atoms with Crippen LogP contribution in [0, 0.1) is 11.8 Å². The fourth-order valence-electron chi connectivity index (χ4n) is 1.65. The van der Waals surface area contributed by atoms with Crippen molar-refractivity contribution in [3.05, 3.63) is 0 Å². The summed E-state index contributed by atoms with van der Waals surface area (Å²) in [6, 6.07) is 0. The Morgan fingerprint density at radius 3 is 1.65 bits per heavy atom. The van der Waals surface area contributed by atoms with Crippen molar-refractivity contribution in [3.63, 3.8) is 0 Å². The molecule has 3 heteroatoms. The van der Waals surface area contributed by atoms with Gasteiger partial charge in [0, 0.05) is 0 Å². The van der Waals surface area contributed by atoms with Gasteiger partial charge in [-0.3, -0.25) is 0 Å². The van der Waals surface area contributed by atoms with E-state index in [0.29, 0.717) is 11.8 Å². The minimum atomic E-state index is -2.72. The van der Waals surface area contributed by atoms with E-state index in [1.807, 2.05) is 0 Å². The molecule has 0 bridgehead atoms. The second-order valence-corrected chi connectivity index (χ2v) is 16.1. The second kappa shape index (κ2) is 9.62. The Labute approximate surface area is 113 Å². The molecule has 0 N–H and O–H groups in total. The first kappa shape index (κ1) is 17.7. The topological polar surface area (TPSA) is 18.5 Å². The number of hydrogen-bond donors (Lipinski definition) is 0. The number of rotatable bonds is 10. The van der Waals surface area contributed by atoms with Gasteiger partial charge in [0.25, 0.3) is 0 Å². The van der Waals surface area contributed by atoms with Crippen molar-refractivity contribution in [2.75, 3.05) is 13.2 Å². The fraction of sp³-hybridized carbons (Fsp3) is 1.00. The van der Waals surface area contributed by atoms with Crippen LogP contribution in [0.15, 0.2) is 0 Å². The Hall–Kier alpha value is 0.719. The Morgan fingerprint density at radius 2 is 1.35 bits per heavy atom. The van der Waals surface area contributed by atoms with E-state index in [0.717, 1.165) is 17.7 Å². The van der Waals surface area contributed by atoms with Gasteiger partial charge in [0.1, 0.15) is 0 Å². The zero-order valence-electron chi connectivity index (χ0n) is 12.7. The standard InChI is InChI=1S/2C4H9O.C4H9.C2H5.Sn/c2*1-4(2)3-5;1-3-4-2;1-2;/h2*4H,3H2,1-2H3;1,3-4H2,2H3;1H2,2H3;/q2*-1;;;+2. The van der Waals surface area contributed by atoms with Gasteiger partial charge in [0.2, 0.25) is 0 Å². The van der Waals surface area contributed by atoms with Crippen molar-refractivity contribution in [3.8, 4) is 0 Å². The normalized spacial score (nSPS) is 12.7. The molecule has 0 aliphatic carbocycles. The fourth-order valence-corrected chi connectivity index (χ4v) is 11.1. The third kappa shape index (κ3) is 8.44. The van der Waals surface area contributed by atoms with E-state index < -0.39 is 19.2 Å². The third-order valence-electron chi connectivity index (χ3n) is 2.81. The Kier molecular flexibility index (Phi) is 10.0. The first-order chi connectivity index (χ1) is 7.95. The van der Waals surface area contributed by atoms with Gasteiger partial charge in [-0.15, -0.1) is 0 Å². The van der Waals surface area contributed by atoms with Crippen molar-refractivity contribution in [1.82, 2.24) is 0 Å². The quantitative estimate of drug-likeness (QED) is 0.536. The molecule has 0 atom stereocenters. The van der Waals surface area contributed by atoms with Crippen LogP contribution in [-0.2, 0) is 6.15 Å². The molecule has 0 fully saturated rings. The van der Waals surface area contributed by atoms with E-state index >= 15 is 0 Å². The minimum absolute atomic E-state index is 0.613. The molecule has 0 unspecified atom stereocenters. The van der Waals surface area contributed by atoms with Crippen molar-refractivity contribution >= 4 is 19.2 Å². The third-order valence-corrected chi connectivity index (χ3v) is 13.0. The summed E-state index contributed by atoms with van der Waals surface area (Å²) in [5.41, 5.74) is 0. The second-order valence-electron chi connectivity index (χ2n) is 5.78. The van der Waals surface area contributed by atoms with Gasteiger partial charge >= 0.3 is 114 Å². The summed E-state index contributed by atoms with van der Waals surface area (Å²) in [5, 5.41) is 0. The SMILES string of the molecule is CCC[CH2][Sn]([CH2]C)([O]CC(C)C)[O]CC(C)C. The predicted octanol–water partition coefficient (Wildman–Crippen LogP) is 4.59. The molecule has 0 spiro atoms. The summed E-state index contributed by atoms with van der Waals surface area (Å²) in [7, 11) is 0. The molecule has 0 amide bonds. The van der Waals surface area contributed by atoms with Gasteiger partial charge in [0.05, 0.1) is 0 Å². The molecule has 0 aromatic heterocycles. The maximum atomic E-state index is 6.28. The maximum absolute atomic E-state index is 6.28. The molecular formula is C14H32O2Sn. The van der Waals surface area contributed by atoms with Gasteiger partial charge < -0.3 is 0 Å². The number of unbranched alkanes of at least 4 members (excludes halogenated alkanes) is 1. The van der Waals surface area contributed by atoms with Crippen LogP contribution in [-0.4, -0.2) is 32.4 Å². The molecular weight excluding hydrogens is 319 g/mol. The zero-order valence-corrected chi connectivity index (χ0v) is 15.6. The Balaban J connectivity index is 4.38. The van der Waals surface area contributed by atoms with Crippen LogP contribution in [0.1, 0.15) is 54.4 Å². The number of hydrogen-bond acceptors (Lipinski definition) is 2. The summed E-state index contributed by atoms with van der Waals surface area (Å²) >= 11 is -2.72. The molecule has 0 aromatic rings. The van der Waals surface area contributed by atoms with E-state index in [9.17, 15) is 0 Å². The molecule has 0 aliphatic rings. The zero-order chi connectivity index (χ0) is 13.3. The van der Waals surface area contributed by atoms with Gasteiger partial charge in [-0.2, -0.15) is 0 Å². The summed E-state index contributed by atoms with van der Waals surface area (Å²) in [4.78, 5) is 0. The van der Waals surface area contributed by atoms with Crippen LogP contribution in [0.2, 0.25) is 8.87 Å². The van der Waals surface area contributed by atoms with E-state index in [-0.39, 0.29) is 0 Å². The van der Waals surface area contributed by atoms with Crippen LogP contribution >= 0.6 is 0 Å². The Bertz CT molecular complexity index is 169. The Morgan fingerprint density at radius 1 is 0.882 bits per heavy atom. The molecule has 0 rings (SSSR count). The summed E-state index contributed by atoms with van der Waals surface area (Å²) in [6.45, 7) is 15.1.